The molecule has 0 saturated carbocycles. The Balaban J connectivity index is 2.84. The molecule has 0 atom stereocenters. The summed E-state index contributed by atoms with van der Waals surface area (Å²) in [5, 5.41) is 0. The third kappa shape index (κ3) is 4.19. The highest BCUT2D eigenvalue weighted by Crippen LogP contribution is 2.21. The highest BCUT2D eigenvalue weighted by molar-refractivity contribution is 7.92. The molecule has 0 spiro atoms. The number of unbranched alkanes of at least 4 members (excludes halogenated alkanes) is 1. The number of benzene rings is 1. The van der Waals surface area contributed by atoms with Crippen LogP contribution >= 0.6 is 0 Å². The normalized spacial score (nSPS) is 11.6. The van der Waals surface area contributed by atoms with E-state index in [1.807, 2.05) is 0 Å². The Morgan fingerprint density at radius 1 is 1.11 bits per heavy atom. The molecule has 0 amide bonds. The fraction of sp³-hybridized carbons (Fsp3) is 0.400. The van der Waals surface area contributed by atoms with Crippen LogP contribution in [0.25, 0.3) is 0 Å². The Labute approximate surface area is 103 Å². The molecule has 0 aliphatic rings. The number of rotatable bonds is 6. The third-order valence-corrected chi connectivity index (χ3v) is 3.47. The van der Waals surface area contributed by atoms with E-state index in [9.17, 15) is 21.6 Å². The standard InChI is InChI=1S/C10H13F3N2O2S/c11-7-5-8(12)10(9(13)6-7)15-18(16,17)4-2-1-3-14/h5-6,15H,1-4,14H2. The molecule has 102 valence electrons. The highest BCUT2D eigenvalue weighted by Gasteiger charge is 2.17. The lowest BCUT2D eigenvalue weighted by molar-refractivity contribution is 0.547. The molecule has 1 aromatic carbocycles. The molecule has 8 heteroatoms. The van der Waals surface area contributed by atoms with Crippen molar-refractivity contribution in [2.24, 2.45) is 5.73 Å². The van der Waals surface area contributed by atoms with E-state index in [0.29, 0.717) is 25.1 Å². The lowest BCUT2D eigenvalue weighted by Gasteiger charge is -2.09. The van der Waals surface area contributed by atoms with E-state index in [1.165, 1.54) is 0 Å². The van der Waals surface area contributed by atoms with Crippen LogP contribution < -0.4 is 10.5 Å². The van der Waals surface area contributed by atoms with Gasteiger partial charge in [-0.05, 0) is 19.4 Å². The number of hydrogen-bond donors (Lipinski definition) is 2. The molecular weight excluding hydrogens is 269 g/mol. The van der Waals surface area contributed by atoms with Gasteiger partial charge in [-0.2, -0.15) is 0 Å². The van der Waals surface area contributed by atoms with Gasteiger partial charge in [0.1, 0.15) is 11.5 Å². The molecule has 0 heterocycles. The average molecular weight is 282 g/mol. The van der Waals surface area contributed by atoms with Gasteiger partial charge in [0.15, 0.2) is 11.6 Å². The zero-order chi connectivity index (χ0) is 13.8. The van der Waals surface area contributed by atoms with Crippen molar-refractivity contribution in [2.75, 3.05) is 17.0 Å². The number of halogens is 3. The van der Waals surface area contributed by atoms with Crippen molar-refractivity contribution in [1.82, 2.24) is 0 Å². The summed E-state index contributed by atoms with van der Waals surface area (Å²) in [6.07, 6.45) is 0.756. The van der Waals surface area contributed by atoms with Crippen LogP contribution in [0.2, 0.25) is 0 Å². The van der Waals surface area contributed by atoms with Gasteiger partial charge in [0.25, 0.3) is 0 Å². The third-order valence-electron chi connectivity index (χ3n) is 2.13. The van der Waals surface area contributed by atoms with Crippen LogP contribution in [0.15, 0.2) is 12.1 Å². The Hall–Kier alpha value is -1.28. The first-order chi connectivity index (χ1) is 8.35. The topological polar surface area (TPSA) is 72.2 Å². The molecule has 0 unspecified atom stereocenters. The van der Waals surface area contributed by atoms with E-state index in [2.05, 4.69) is 0 Å². The smallest absolute Gasteiger partial charge is 0.232 e. The van der Waals surface area contributed by atoms with Crippen molar-refractivity contribution >= 4 is 15.7 Å². The maximum atomic E-state index is 13.2. The first-order valence-electron chi connectivity index (χ1n) is 5.21. The summed E-state index contributed by atoms with van der Waals surface area (Å²) >= 11 is 0. The summed E-state index contributed by atoms with van der Waals surface area (Å²) in [5.74, 6) is -4.01. The van der Waals surface area contributed by atoms with E-state index in [4.69, 9.17) is 5.73 Å². The maximum Gasteiger partial charge on any atom is 0.232 e. The SMILES string of the molecule is NCCCCS(=O)(=O)Nc1c(F)cc(F)cc1F. The molecule has 0 aromatic heterocycles. The number of nitrogens with two attached hydrogens (primary N) is 1. The molecule has 1 aromatic rings. The molecule has 0 radical (unpaired) electrons. The van der Waals surface area contributed by atoms with Gasteiger partial charge in [-0.3, -0.25) is 4.72 Å². The van der Waals surface area contributed by atoms with Crippen molar-refractivity contribution in [3.05, 3.63) is 29.6 Å². The van der Waals surface area contributed by atoms with E-state index >= 15 is 0 Å². The monoisotopic (exact) mass is 282 g/mol. The van der Waals surface area contributed by atoms with Crippen LogP contribution in [0.3, 0.4) is 0 Å². The highest BCUT2D eigenvalue weighted by atomic mass is 32.2. The van der Waals surface area contributed by atoms with Gasteiger partial charge in [-0.1, -0.05) is 0 Å². The van der Waals surface area contributed by atoms with Crippen LogP contribution in [0, 0.1) is 17.5 Å². The van der Waals surface area contributed by atoms with E-state index < -0.39 is 33.2 Å². The molecule has 0 fully saturated rings. The predicted octanol–water partition coefficient (Wildman–Crippen LogP) is 1.58. The van der Waals surface area contributed by atoms with Gasteiger partial charge in [-0.15, -0.1) is 0 Å². The Kier molecular flexibility index (Phi) is 4.97. The molecule has 3 N–H and O–H groups in total. The Morgan fingerprint density at radius 3 is 2.17 bits per heavy atom. The summed E-state index contributed by atoms with van der Waals surface area (Å²) < 4.78 is 63.8. The summed E-state index contributed by atoms with van der Waals surface area (Å²) in [6, 6.07) is 0.807. The summed E-state index contributed by atoms with van der Waals surface area (Å²) in [6.45, 7) is 0.328. The number of nitrogens with one attached hydrogen (secondary N) is 1. The molecule has 1 rings (SSSR count). The first-order valence-corrected chi connectivity index (χ1v) is 6.86. The van der Waals surface area contributed by atoms with Gasteiger partial charge in [0.05, 0.1) is 5.75 Å². The van der Waals surface area contributed by atoms with Gasteiger partial charge in [0, 0.05) is 12.1 Å². The zero-order valence-corrected chi connectivity index (χ0v) is 10.2. The Bertz CT molecular complexity index is 497. The molecule has 0 aliphatic heterocycles. The van der Waals surface area contributed by atoms with Crippen molar-refractivity contribution in [1.29, 1.82) is 0 Å². The molecular formula is C10H13F3N2O2S. The first kappa shape index (κ1) is 14.8. The van der Waals surface area contributed by atoms with Gasteiger partial charge >= 0.3 is 0 Å². The van der Waals surface area contributed by atoms with Crippen LogP contribution in [-0.2, 0) is 10.0 Å². The average Bonchev–Trinajstić information content (AvgIpc) is 2.23. The second kappa shape index (κ2) is 6.05. The molecule has 0 saturated heterocycles. The van der Waals surface area contributed by atoms with E-state index in [1.54, 1.807) is 4.72 Å². The maximum absolute atomic E-state index is 13.2. The fourth-order valence-corrected chi connectivity index (χ4v) is 2.47. The number of hydrogen-bond acceptors (Lipinski definition) is 3. The summed E-state index contributed by atoms with van der Waals surface area (Å²) in [7, 11) is -3.87. The van der Waals surface area contributed by atoms with Gasteiger partial charge in [0.2, 0.25) is 10.0 Å². The summed E-state index contributed by atoms with van der Waals surface area (Å²) in [5.41, 5.74) is 4.33. The van der Waals surface area contributed by atoms with Crippen LogP contribution in [0.1, 0.15) is 12.8 Å². The molecule has 18 heavy (non-hydrogen) atoms. The second-order valence-electron chi connectivity index (χ2n) is 3.66. The minimum absolute atomic E-state index is 0.274. The summed E-state index contributed by atoms with van der Waals surface area (Å²) in [4.78, 5) is 0. The molecule has 0 bridgehead atoms. The minimum atomic E-state index is -3.87. The van der Waals surface area contributed by atoms with E-state index in [0.717, 1.165) is 0 Å². The number of sulfonamides is 1. The lowest BCUT2D eigenvalue weighted by atomic mass is 10.3. The van der Waals surface area contributed by atoms with Crippen molar-refractivity contribution in [3.8, 4) is 0 Å². The van der Waals surface area contributed by atoms with Crippen molar-refractivity contribution in [2.45, 2.75) is 12.8 Å². The minimum Gasteiger partial charge on any atom is -0.330 e. The van der Waals surface area contributed by atoms with E-state index in [-0.39, 0.29) is 12.2 Å². The quantitative estimate of drug-likeness (QED) is 0.778. The van der Waals surface area contributed by atoms with Crippen LogP contribution in [0.5, 0.6) is 0 Å². The van der Waals surface area contributed by atoms with Crippen LogP contribution in [-0.4, -0.2) is 20.7 Å². The second-order valence-corrected chi connectivity index (χ2v) is 5.50. The zero-order valence-electron chi connectivity index (χ0n) is 9.42. The fourth-order valence-electron chi connectivity index (χ4n) is 1.28. The van der Waals surface area contributed by atoms with Crippen LogP contribution in [0.4, 0.5) is 18.9 Å². The largest absolute Gasteiger partial charge is 0.330 e. The number of anilines is 1. The lowest BCUT2D eigenvalue weighted by Crippen LogP contribution is -2.19. The molecule has 4 nitrogen and oxygen atoms in total. The van der Waals surface area contributed by atoms with Crippen molar-refractivity contribution in [3.63, 3.8) is 0 Å². The molecule has 0 aliphatic carbocycles. The Morgan fingerprint density at radius 2 is 1.67 bits per heavy atom. The van der Waals surface area contributed by atoms with Crippen molar-refractivity contribution < 1.29 is 21.6 Å². The van der Waals surface area contributed by atoms with Gasteiger partial charge in [-0.25, -0.2) is 21.6 Å². The predicted molar refractivity (Wildman–Crippen MR) is 62.0 cm³/mol. The van der Waals surface area contributed by atoms with Gasteiger partial charge < -0.3 is 5.73 Å².